The van der Waals surface area contributed by atoms with E-state index in [1.165, 1.54) is 11.1 Å². The van der Waals surface area contributed by atoms with Crippen LogP contribution in [0.3, 0.4) is 0 Å². The first-order valence-electron chi connectivity index (χ1n) is 3.95. The minimum atomic E-state index is 0. The van der Waals surface area contributed by atoms with E-state index in [1.54, 1.807) is 0 Å². The number of hydrogen-bond donors (Lipinski definition) is 0. The zero-order valence-electron chi connectivity index (χ0n) is 8.70. The molecule has 0 heterocycles. The van der Waals surface area contributed by atoms with Crippen molar-refractivity contribution in [1.29, 1.82) is 0 Å². The summed E-state index contributed by atoms with van der Waals surface area (Å²) in [6.45, 7) is 19.8. The van der Waals surface area contributed by atoms with E-state index in [1.807, 2.05) is 19.9 Å². The van der Waals surface area contributed by atoms with Gasteiger partial charge in [0, 0.05) is 0 Å². The van der Waals surface area contributed by atoms with Crippen LogP contribution in [0.1, 0.15) is 42.0 Å². The lowest BCUT2D eigenvalue weighted by Crippen LogP contribution is -1.69. The van der Waals surface area contributed by atoms with E-state index < -0.39 is 0 Å². The third-order valence-corrected chi connectivity index (χ3v) is 1.09. The van der Waals surface area contributed by atoms with Crippen LogP contribution in [0.2, 0.25) is 0 Å². The van der Waals surface area contributed by atoms with Gasteiger partial charge in [0.1, 0.15) is 0 Å². The van der Waals surface area contributed by atoms with Gasteiger partial charge in [-0.2, -0.15) is 0 Å². The predicted octanol–water partition coefficient (Wildman–Crippen LogP) is 4.99. The Morgan fingerprint density at radius 1 is 1.00 bits per heavy atom. The lowest BCUT2D eigenvalue weighted by atomic mass is 10.2. The number of rotatable bonds is 1. The molecule has 0 heteroatoms. The Morgan fingerprint density at radius 3 is 1.25 bits per heavy atom. The number of hydrogen-bond acceptors (Lipinski definition) is 0. The van der Waals surface area contributed by atoms with Crippen molar-refractivity contribution >= 4 is 0 Å². The molecule has 0 aliphatic carbocycles. The van der Waals surface area contributed by atoms with Crippen LogP contribution in [0.4, 0.5) is 0 Å². The summed E-state index contributed by atoms with van der Waals surface area (Å²) in [5.74, 6) is 0. The molecule has 0 N–H and O–H groups in total. The highest BCUT2D eigenvalue weighted by Crippen LogP contribution is 2.00. The second-order valence-corrected chi connectivity index (χ2v) is 1.89. The zero-order valence-corrected chi connectivity index (χ0v) is 8.70. The van der Waals surface area contributed by atoms with Crippen molar-refractivity contribution in [2.45, 2.75) is 42.0 Å². The fraction of sp³-hybridized carbons (Fsp3) is 0.500. The average molecular weight is 170 g/mol. The minimum Gasteiger partial charge on any atom is -0.106 e. The summed E-state index contributed by atoms with van der Waals surface area (Å²) >= 11 is 0. The molecule has 0 saturated heterocycles. The lowest BCUT2D eigenvalue weighted by molar-refractivity contribution is 1.30. The fourth-order valence-corrected chi connectivity index (χ4v) is 0.204. The van der Waals surface area contributed by atoms with Crippen molar-refractivity contribution in [2.75, 3.05) is 0 Å². The van der Waals surface area contributed by atoms with Crippen LogP contribution in [-0.2, 0) is 0 Å². The SMILES string of the molecule is C.C=C.C=CC(C)=C(C)C.CC. The van der Waals surface area contributed by atoms with Crippen molar-refractivity contribution in [3.05, 3.63) is 37.0 Å². The standard InChI is InChI=1S/C7H12.C2H6.C2H4.CH4/c1-5-7(4)6(2)3;2*1-2;/h5H,1H2,2-4H3;1-2H3;1-2H2;1H4. The van der Waals surface area contributed by atoms with Crippen molar-refractivity contribution in [3.8, 4) is 0 Å². The Balaban J connectivity index is -0.0000000560. The summed E-state index contributed by atoms with van der Waals surface area (Å²) in [5.41, 5.74) is 2.62. The molecule has 0 rings (SSSR count). The van der Waals surface area contributed by atoms with Crippen LogP contribution < -0.4 is 0 Å². The largest absolute Gasteiger partial charge is 0.106 e. The molecule has 0 aromatic heterocycles. The van der Waals surface area contributed by atoms with Crippen LogP contribution in [-0.4, -0.2) is 0 Å². The van der Waals surface area contributed by atoms with E-state index in [9.17, 15) is 0 Å². The van der Waals surface area contributed by atoms with Crippen LogP contribution in [0.5, 0.6) is 0 Å². The van der Waals surface area contributed by atoms with E-state index in [0.29, 0.717) is 0 Å². The maximum absolute atomic E-state index is 3.62. The molecular formula is C12H26. The maximum atomic E-state index is 3.62. The third-order valence-electron chi connectivity index (χ3n) is 1.09. The maximum Gasteiger partial charge on any atom is -0.0399 e. The molecule has 0 nitrogen and oxygen atoms in total. The van der Waals surface area contributed by atoms with Gasteiger partial charge in [0.25, 0.3) is 0 Å². The van der Waals surface area contributed by atoms with Gasteiger partial charge in [0.05, 0.1) is 0 Å². The van der Waals surface area contributed by atoms with Crippen LogP contribution >= 0.6 is 0 Å². The highest BCUT2D eigenvalue weighted by molar-refractivity contribution is 5.18. The Morgan fingerprint density at radius 2 is 1.25 bits per heavy atom. The smallest absolute Gasteiger partial charge is 0.0399 e. The highest BCUT2D eigenvalue weighted by Gasteiger charge is 1.79. The molecule has 0 saturated carbocycles. The van der Waals surface area contributed by atoms with Gasteiger partial charge in [0.2, 0.25) is 0 Å². The normalized spacial score (nSPS) is 5.42. The van der Waals surface area contributed by atoms with E-state index in [2.05, 4.69) is 40.5 Å². The van der Waals surface area contributed by atoms with Gasteiger partial charge in [-0.1, -0.05) is 45.1 Å². The first-order chi connectivity index (χ1) is 5.18. The molecule has 0 aliphatic rings. The fourth-order valence-electron chi connectivity index (χ4n) is 0.204. The van der Waals surface area contributed by atoms with Gasteiger partial charge in [-0.25, -0.2) is 0 Å². The summed E-state index contributed by atoms with van der Waals surface area (Å²) < 4.78 is 0. The second kappa shape index (κ2) is 22.5. The molecule has 12 heavy (non-hydrogen) atoms. The summed E-state index contributed by atoms with van der Waals surface area (Å²) in [4.78, 5) is 0. The first kappa shape index (κ1) is 22.5. The molecule has 0 fully saturated rings. The molecule has 0 unspecified atom stereocenters. The topological polar surface area (TPSA) is 0 Å². The van der Waals surface area contributed by atoms with Gasteiger partial charge >= 0.3 is 0 Å². The Hall–Kier alpha value is -0.780. The van der Waals surface area contributed by atoms with Crippen LogP contribution in [0.25, 0.3) is 0 Å². The average Bonchev–Trinajstić information content (AvgIpc) is 2.10. The van der Waals surface area contributed by atoms with Gasteiger partial charge < -0.3 is 0 Å². The summed E-state index contributed by atoms with van der Waals surface area (Å²) in [6, 6.07) is 0. The van der Waals surface area contributed by atoms with E-state index in [0.717, 1.165) is 0 Å². The molecule has 74 valence electrons. The Labute approximate surface area is 79.7 Å². The molecule has 0 bridgehead atoms. The van der Waals surface area contributed by atoms with Crippen LogP contribution in [0, 0.1) is 0 Å². The molecule has 0 aromatic carbocycles. The lowest BCUT2D eigenvalue weighted by Gasteiger charge is -1.90. The van der Waals surface area contributed by atoms with Crippen molar-refractivity contribution < 1.29 is 0 Å². The molecule has 0 aromatic rings. The highest BCUT2D eigenvalue weighted by atomic mass is 13.9. The third kappa shape index (κ3) is 22.9. The summed E-state index contributed by atoms with van der Waals surface area (Å²) in [5, 5.41) is 0. The predicted molar refractivity (Wildman–Crippen MR) is 63.6 cm³/mol. The molecular weight excluding hydrogens is 144 g/mol. The van der Waals surface area contributed by atoms with Crippen molar-refractivity contribution in [2.24, 2.45) is 0 Å². The van der Waals surface area contributed by atoms with Gasteiger partial charge in [0.15, 0.2) is 0 Å². The first-order valence-corrected chi connectivity index (χ1v) is 3.95. The number of allylic oxidation sites excluding steroid dienone is 3. The molecule has 0 radical (unpaired) electrons. The van der Waals surface area contributed by atoms with Gasteiger partial charge in [-0.3, -0.25) is 0 Å². The summed E-state index contributed by atoms with van der Waals surface area (Å²) in [7, 11) is 0. The molecule has 0 amide bonds. The van der Waals surface area contributed by atoms with Crippen molar-refractivity contribution in [3.63, 3.8) is 0 Å². The molecule has 0 aliphatic heterocycles. The van der Waals surface area contributed by atoms with Gasteiger partial charge in [-0.05, 0) is 20.8 Å². The second-order valence-electron chi connectivity index (χ2n) is 1.89. The zero-order chi connectivity index (χ0) is 9.86. The van der Waals surface area contributed by atoms with E-state index in [-0.39, 0.29) is 7.43 Å². The van der Waals surface area contributed by atoms with Crippen LogP contribution in [0.15, 0.2) is 37.0 Å². The Bertz CT molecular complexity index is 103. The Kier molecular flexibility index (Phi) is 42.1. The van der Waals surface area contributed by atoms with E-state index in [4.69, 9.17) is 0 Å². The van der Waals surface area contributed by atoms with Crippen molar-refractivity contribution in [1.82, 2.24) is 0 Å². The quantitative estimate of drug-likeness (QED) is 0.384. The van der Waals surface area contributed by atoms with Gasteiger partial charge in [-0.15, -0.1) is 13.2 Å². The molecule has 0 atom stereocenters. The minimum absolute atomic E-state index is 0. The van der Waals surface area contributed by atoms with E-state index >= 15 is 0 Å². The summed E-state index contributed by atoms with van der Waals surface area (Å²) in [6.07, 6.45) is 1.87. The molecule has 0 spiro atoms. The monoisotopic (exact) mass is 170 g/mol.